The Morgan fingerprint density at radius 3 is 2.74 bits per heavy atom. The molecule has 2 aromatic rings. The summed E-state index contributed by atoms with van der Waals surface area (Å²) in [6.07, 6.45) is 1.57. The van der Waals surface area contributed by atoms with Crippen LogP contribution in [-0.2, 0) is 0 Å². The number of rotatable bonds is 4. The van der Waals surface area contributed by atoms with E-state index >= 15 is 0 Å². The number of hydrogen-bond acceptors (Lipinski definition) is 5. The van der Waals surface area contributed by atoms with E-state index in [2.05, 4.69) is 31.2 Å². The molecule has 2 rings (SSSR count). The molecule has 0 aliphatic carbocycles. The van der Waals surface area contributed by atoms with E-state index in [-0.39, 0.29) is 5.28 Å². The van der Waals surface area contributed by atoms with Crippen molar-refractivity contribution in [2.75, 3.05) is 19.5 Å². The van der Waals surface area contributed by atoms with Crippen LogP contribution in [0.1, 0.15) is 0 Å². The molecule has 19 heavy (non-hydrogen) atoms. The molecule has 0 radical (unpaired) electrons. The smallest absolute Gasteiger partial charge is 0.224 e. The molecule has 0 bridgehead atoms. The highest BCUT2D eigenvalue weighted by atomic mass is 79.9. The van der Waals surface area contributed by atoms with E-state index in [1.54, 1.807) is 32.5 Å². The molecule has 7 heteroatoms. The van der Waals surface area contributed by atoms with E-state index in [0.717, 1.165) is 5.69 Å². The average Bonchev–Trinajstić information content (AvgIpc) is 2.42. The van der Waals surface area contributed by atoms with Gasteiger partial charge >= 0.3 is 0 Å². The predicted octanol–water partition coefficient (Wildman–Crippen LogP) is 3.65. The van der Waals surface area contributed by atoms with Gasteiger partial charge in [-0.3, -0.25) is 0 Å². The monoisotopic (exact) mass is 343 g/mol. The van der Waals surface area contributed by atoms with E-state index in [0.29, 0.717) is 21.8 Å². The van der Waals surface area contributed by atoms with Gasteiger partial charge in [0.25, 0.3) is 0 Å². The lowest BCUT2D eigenvalue weighted by Crippen LogP contribution is -1.99. The lowest BCUT2D eigenvalue weighted by molar-refractivity contribution is 0.405. The van der Waals surface area contributed by atoms with Gasteiger partial charge in [-0.25, -0.2) is 4.98 Å². The molecule has 5 nitrogen and oxygen atoms in total. The van der Waals surface area contributed by atoms with Gasteiger partial charge in [0.2, 0.25) is 5.28 Å². The molecule has 0 aliphatic rings. The second-order valence-electron chi connectivity index (χ2n) is 3.53. The zero-order valence-corrected chi connectivity index (χ0v) is 12.6. The highest BCUT2D eigenvalue weighted by molar-refractivity contribution is 9.10. The first-order chi connectivity index (χ1) is 9.13. The molecule has 1 aromatic carbocycles. The Bertz CT molecular complexity index is 595. The van der Waals surface area contributed by atoms with Crippen molar-refractivity contribution in [3.05, 3.63) is 34.2 Å². The van der Waals surface area contributed by atoms with Crippen LogP contribution in [0.2, 0.25) is 5.28 Å². The van der Waals surface area contributed by atoms with E-state index in [9.17, 15) is 0 Å². The van der Waals surface area contributed by atoms with Crippen molar-refractivity contribution in [1.82, 2.24) is 9.97 Å². The molecular weight excluding hydrogens is 334 g/mol. The molecule has 100 valence electrons. The minimum absolute atomic E-state index is 0.160. The first-order valence-corrected chi connectivity index (χ1v) is 6.48. The Morgan fingerprint density at radius 1 is 1.26 bits per heavy atom. The van der Waals surface area contributed by atoms with Crippen LogP contribution >= 0.6 is 27.5 Å². The van der Waals surface area contributed by atoms with Crippen LogP contribution in [0.5, 0.6) is 11.5 Å². The second kappa shape index (κ2) is 6.08. The quantitative estimate of drug-likeness (QED) is 0.858. The minimum atomic E-state index is 0.160. The standard InChI is InChI=1S/C12H11BrClN3O2/c1-18-7-3-4-10(19-2)9(5-7)16-11-8(13)6-15-12(14)17-11/h3-6H,1-2H3,(H,15,16,17). The largest absolute Gasteiger partial charge is 0.497 e. The number of benzene rings is 1. The topological polar surface area (TPSA) is 56.3 Å². The Kier molecular flexibility index (Phi) is 4.44. The molecule has 0 aliphatic heterocycles. The summed E-state index contributed by atoms with van der Waals surface area (Å²) in [5.41, 5.74) is 0.720. The fourth-order valence-electron chi connectivity index (χ4n) is 1.47. The fourth-order valence-corrected chi connectivity index (χ4v) is 1.90. The fraction of sp³-hybridized carbons (Fsp3) is 0.167. The number of nitrogens with zero attached hydrogens (tertiary/aromatic N) is 2. The first-order valence-electron chi connectivity index (χ1n) is 5.31. The summed E-state index contributed by atoms with van der Waals surface area (Å²) in [7, 11) is 3.19. The van der Waals surface area contributed by atoms with Crippen molar-refractivity contribution < 1.29 is 9.47 Å². The normalized spacial score (nSPS) is 10.1. The van der Waals surface area contributed by atoms with Crippen LogP contribution in [0.15, 0.2) is 28.9 Å². The van der Waals surface area contributed by atoms with Gasteiger partial charge < -0.3 is 14.8 Å². The molecule has 0 spiro atoms. The van der Waals surface area contributed by atoms with Crippen LogP contribution in [0.25, 0.3) is 0 Å². The molecule has 0 fully saturated rings. The number of nitrogens with one attached hydrogen (secondary N) is 1. The van der Waals surface area contributed by atoms with Crippen molar-refractivity contribution in [2.24, 2.45) is 0 Å². The summed E-state index contributed by atoms with van der Waals surface area (Å²) in [6.45, 7) is 0. The molecule has 1 aromatic heterocycles. The maximum atomic E-state index is 5.78. The summed E-state index contributed by atoms with van der Waals surface area (Å²) in [4.78, 5) is 7.97. The van der Waals surface area contributed by atoms with Crippen LogP contribution in [0.3, 0.4) is 0 Å². The Morgan fingerprint density at radius 2 is 2.05 bits per heavy atom. The zero-order valence-electron chi connectivity index (χ0n) is 10.3. The molecule has 0 unspecified atom stereocenters. The number of anilines is 2. The Balaban J connectivity index is 2.38. The number of methoxy groups -OCH3 is 2. The summed E-state index contributed by atoms with van der Waals surface area (Å²) in [5, 5.41) is 3.28. The number of halogens is 2. The molecule has 0 saturated carbocycles. The number of aromatic nitrogens is 2. The third-order valence-electron chi connectivity index (χ3n) is 2.37. The maximum Gasteiger partial charge on any atom is 0.224 e. The predicted molar refractivity (Wildman–Crippen MR) is 77.6 cm³/mol. The summed E-state index contributed by atoms with van der Waals surface area (Å²) in [5.74, 6) is 1.92. The first kappa shape index (κ1) is 13.9. The van der Waals surface area contributed by atoms with E-state index in [1.807, 2.05) is 6.07 Å². The Labute approximate surface area is 124 Å². The minimum Gasteiger partial charge on any atom is -0.497 e. The lowest BCUT2D eigenvalue weighted by atomic mass is 10.2. The molecule has 1 N–H and O–H groups in total. The second-order valence-corrected chi connectivity index (χ2v) is 4.72. The van der Waals surface area contributed by atoms with Crippen molar-refractivity contribution in [1.29, 1.82) is 0 Å². The molecule has 0 saturated heterocycles. The van der Waals surface area contributed by atoms with E-state index < -0.39 is 0 Å². The molecule has 0 atom stereocenters. The van der Waals surface area contributed by atoms with Crippen LogP contribution < -0.4 is 14.8 Å². The SMILES string of the molecule is COc1ccc(OC)c(Nc2nc(Cl)ncc2Br)c1. The van der Waals surface area contributed by atoms with Gasteiger partial charge in [0.1, 0.15) is 17.3 Å². The van der Waals surface area contributed by atoms with Gasteiger partial charge in [-0.15, -0.1) is 0 Å². The highest BCUT2D eigenvalue weighted by Crippen LogP contribution is 2.33. The van der Waals surface area contributed by atoms with Crippen LogP contribution in [0, 0.1) is 0 Å². The number of hydrogen-bond donors (Lipinski definition) is 1. The zero-order chi connectivity index (χ0) is 13.8. The average molecular weight is 345 g/mol. The van der Waals surface area contributed by atoms with E-state index in [1.165, 1.54) is 0 Å². The Hall–Kier alpha value is -1.53. The van der Waals surface area contributed by atoms with Gasteiger partial charge in [0, 0.05) is 12.3 Å². The maximum absolute atomic E-state index is 5.78. The van der Waals surface area contributed by atoms with Gasteiger partial charge in [-0.2, -0.15) is 4.98 Å². The van der Waals surface area contributed by atoms with E-state index in [4.69, 9.17) is 21.1 Å². The molecule has 0 amide bonds. The van der Waals surface area contributed by atoms with Gasteiger partial charge in [-0.1, -0.05) is 0 Å². The van der Waals surface area contributed by atoms with Crippen molar-refractivity contribution in [2.45, 2.75) is 0 Å². The molecular formula is C12H11BrClN3O2. The van der Waals surface area contributed by atoms with Crippen molar-refractivity contribution in [3.63, 3.8) is 0 Å². The van der Waals surface area contributed by atoms with Crippen LogP contribution in [-0.4, -0.2) is 24.2 Å². The molecule has 1 heterocycles. The van der Waals surface area contributed by atoms with Crippen molar-refractivity contribution >= 4 is 39.0 Å². The van der Waals surface area contributed by atoms with Crippen molar-refractivity contribution in [3.8, 4) is 11.5 Å². The number of ether oxygens (including phenoxy) is 2. The van der Waals surface area contributed by atoms with Gasteiger partial charge in [-0.05, 0) is 39.7 Å². The third-order valence-corrected chi connectivity index (χ3v) is 3.14. The summed E-state index contributed by atoms with van der Waals surface area (Å²) < 4.78 is 11.2. The summed E-state index contributed by atoms with van der Waals surface area (Å²) >= 11 is 9.13. The third kappa shape index (κ3) is 3.27. The highest BCUT2D eigenvalue weighted by Gasteiger charge is 2.09. The van der Waals surface area contributed by atoms with Gasteiger partial charge in [0.05, 0.1) is 24.4 Å². The lowest BCUT2D eigenvalue weighted by Gasteiger charge is -2.12. The van der Waals surface area contributed by atoms with Crippen LogP contribution in [0.4, 0.5) is 11.5 Å². The van der Waals surface area contributed by atoms with Gasteiger partial charge in [0.15, 0.2) is 0 Å². The summed E-state index contributed by atoms with van der Waals surface area (Å²) in [6, 6.07) is 5.42.